The van der Waals surface area contributed by atoms with Crippen LogP contribution >= 0.6 is 0 Å². The summed E-state index contributed by atoms with van der Waals surface area (Å²) in [7, 11) is 0. The first-order valence-electron chi connectivity index (χ1n) is 7.49. The van der Waals surface area contributed by atoms with Gasteiger partial charge in [-0.3, -0.25) is 9.59 Å². The quantitative estimate of drug-likeness (QED) is 0.886. The second kappa shape index (κ2) is 5.83. The maximum absolute atomic E-state index is 12.2. The number of nitrogens with zero attached hydrogens (tertiary/aromatic N) is 3. The lowest BCUT2D eigenvalue weighted by molar-refractivity contribution is -0.130. The number of likely N-dealkylation sites (tertiary alicyclic amines) is 1. The standard InChI is InChI=1S/C14H20N4O3/c1-9-16-17-12(21-9)7-15-14(20)10-6-13(19)18(8-10)11-4-2-3-5-11/h10-11H,2-8H2,1H3,(H,15,20)/t10-/m1/s1. The van der Waals surface area contributed by atoms with Crippen molar-refractivity contribution in [2.45, 2.75) is 51.6 Å². The third-order valence-electron chi connectivity index (χ3n) is 4.28. The summed E-state index contributed by atoms with van der Waals surface area (Å²) in [5.41, 5.74) is 0. The highest BCUT2D eigenvalue weighted by molar-refractivity contribution is 5.89. The van der Waals surface area contributed by atoms with Gasteiger partial charge in [-0.15, -0.1) is 10.2 Å². The molecule has 1 aliphatic heterocycles. The van der Waals surface area contributed by atoms with Crippen molar-refractivity contribution in [2.24, 2.45) is 5.92 Å². The van der Waals surface area contributed by atoms with E-state index >= 15 is 0 Å². The Labute approximate surface area is 123 Å². The molecule has 7 heteroatoms. The van der Waals surface area contributed by atoms with E-state index in [1.807, 2.05) is 4.90 Å². The Bertz CT molecular complexity index is 536. The summed E-state index contributed by atoms with van der Waals surface area (Å²) < 4.78 is 5.21. The van der Waals surface area contributed by atoms with Gasteiger partial charge in [0.2, 0.25) is 23.6 Å². The predicted octanol–water partition coefficient (Wildman–Crippen LogP) is 0.785. The van der Waals surface area contributed by atoms with Crippen LogP contribution < -0.4 is 5.32 Å². The number of aromatic nitrogens is 2. The van der Waals surface area contributed by atoms with Crippen molar-refractivity contribution < 1.29 is 14.0 Å². The zero-order valence-electron chi connectivity index (χ0n) is 12.2. The van der Waals surface area contributed by atoms with Crippen LogP contribution in [0.15, 0.2) is 4.42 Å². The molecule has 2 amide bonds. The number of rotatable bonds is 4. The molecule has 114 valence electrons. The van der Waals surface area contributed by atoms with Crippen LogP contribution in [0.25, 0.3) is 0 Å². The zero-order valence-corrected chi connectivity index (χ0v) is 12.2. The van der Waals surface area contributed by atoms with Gasteiger partial charge >= 0.3 is 0 Å². The number of nitrogens with one attached hydrogen (secondary N) is 1. The third-order valence-corrected chi connectivity index (χ3v) is 4.28. The number of hydrogen-bond donors (Lipinski definition) is 1. The minimum absolute atomic E-state index is 0.107. The molecule has 2 aliphatic rings. The molecule has 3 rings (SSSR count). The summed E-state index contributed by atoms with van der Waals surface area (Å²) >= 11 is 0. The van der Waals surface area contributed by atoms with Crippen molar-refractivity contribution in [1.82, 2.24) is 20.4 Å². The lowest BCUT2D eigenvalue weighted by Gasteiger charge is -2.23. The van der Waals surface area contributed by atoms with Gasteiger partial charge in [-0.05, 0) is 12.8 Å². The van der Waals surface area contributed by atoms with Crippen molar-refractivity contribution in [3.63, 3.8) is 0 Å². The van der Waals surface area contributed by atoms with E-state index in [9.17, 15) is 9.59 Å². The molecule has 1 saturated heterocycles. The Morgan fingerprint density at radius 1 is 1.38 bits per heavy atom. The molecule has 1 atom stereocenters. The topological polar surface area (TPSA) is 88.3 Å². The molecule has 1 N–H and O–H groups in total. The van der Waals surface area contributed by atoms with E-state index in [1.165, 1.54) is 12.8 Å². The van der Waals surface area contributed by atoms with Crippen LogP contribution in [0, 0.1) is 12.8 Å². The van der Waals surface area contributed by atoms with E-state index in [0.717, 1.165) is 12.8 Å². The SMILES string of the molecule is Cc1nnc(CNC(=O)[C@@H]2CC(=O)N(C3CCCC3)C2)o1. The van der Waals surface area contributed by atoms with Crippen molar-refractivity contribution in [3.05, 3.63) is 11.8 Å². The van der Waals surface area contributed by atoms with Gasteiger partial charge in [0.25, 0.3) is 0 Å². The second-order valence-corrected chi connectivity index (χ2v) is 5.82. The Morgan fingerprint density at radius 3 is 2.81 bits per heavy atom. The van der Waals surface area contributed by atoms with Gasteiger partial charge in [-0.2, -0.15) is 0 Å². The van der Waals surface area contributed by atoms with Crippen LogP contribution in [0.1, 0.15) is 43.9 Å². The van der Waals surface area contributed by atoms with Crippen LogP contribution in [0.2, 0.25) is 0 Å². The van der Waals surface area contributed by atoms with Gasteiger partial charge in [-0.1, -0.05) is 12.8 Å². The monoisotopic (exact) mass is 292 g/mol. The summed E-state index contributed by atoms with van der Waals surface area (Å²) in [6.07, 6.45) is 4.82. The fraction of sp³-hybridized carbons (Fsp3) is 0.714. The summed E-state index contributed by atoms with van der Waals surface area (Å²) in [4.78, 5) is 26.1. The highest BCUT2D eigenvalue weighted by atomic mass is 16.4. The number of aryl methyl sites for hydroxylation is 1. The molecule has 0 unspecified atom stereocenters. The number of carbonyl (C=O) groups excluding carboxylic acids is 2. The van der Waals surface area contributed by atoms with Crippen LogP contribution in [-0.2, 0) is 16.1 Å². The average Bonchev–Trinajstić information content (AvgIpc) is 3.16. The molecule has 1 aromatic rings. The molecule has 0 spiro atoms. The summed E-state index contributed by atoms with van der Waals surface area (Å²) in [5.74, 6) is 0.595. The van der Waals surface area contributed by atoms with E-state index in [0.29, 0.717) is 30.8 Å². The molecule has 0 bridgehead atoms. The highest BCUT2D eigenvalue weighted by Crippen LogP contribution is 2.29. The van der Waals surface area contributed by atoms with Gasteiger partial charge in [0.15, 0.2) is 0 Å². The van der Waals surface area contributed by atoms with E-state index in [-0.39, 0.29) is 24.3 Å². The second-order valence-electron chi connectivity index (χ2n) is 5.82. The summed E-state index contributed by atoms with van der Waals surface area (Å²) in [6.45, 7) is 2.46. The average molecular weight is 292 g/mol. The number of amides is 2. The van der Waals surface area contributed by atoms with E-state index in [1.54, 1.807) is 6.92 Å². The Balaban J connectivity index is 1.52. The lowest BCUT2D eigenvalue weighted by atomic mass is 10.1. The first kappa shape index (κ1) is 14.0. The lowest BCUT2D eigenvalue weighted by Crippen LogP contribution is -2.36. The maximum atomic E-state index is 12.2. The fourth-order valence-corrected chi connectivity index (χ4v) is 3.19. The molecule has 2 heterocycles. The summed E-state index contributed by atoms with van der Waals surface area (Å²) in [6, 6.07) is 0.342. The predicted molar refractivity (Wildman–Crippen MR) is 73.0 cm³/mol. The van der Waals surface area contributed by atoms with Crippen LogP contribution in [-0.4, -0.2) is 39.5 Å². The molecular formula is C14H20N4O3. The molecule has 1 saturated carbocycles. The molecule has 21 heavy (non-hydrogen) atoms. The van der Waals surface area contributed by atoms with Gasteiger partial charge in [-0.25, -0.2) is 0 Å². The van der Waals surface area contributed by atoms with Crippen LogP contribution in [0.3, 0.4) is 0 Å². The molecule has 2 fully saturated rings. The first-order valence-corrected chi connectivity index (χ1v) is 7.49. The first-order chi connectivity index (χ1) is 10.1. The molecule has 0 aromatic carbocycles. The smallest absolute Gasteiger partial charge is 0.235 e. The molecular weight excluding hydrogens is 272 g/mol. The highest BCUT2D eigenvalue weighted by Gasteiger charge is 2.38. The van der Waals surface area contributed by atoms with Crippen LogP contribution in [0.4, 0.5) is 0 Å². The number of hydrogen-bond acceptors (Lipinski definition) is 5. The Hall–Kier alpha value is -1.92. The van der Waals surface area contributed by atoms with E-state index < -0.39 is 0 Å². The number of carbonyl (C=O) groups is 2. The Morgan fingerprint density at radius 2 is 2.14 bits per heavy atom. The molecule has 7 nitrogen and oxygen atoms in total. The minimum atomic E-state index is -0.262. The van der Waals surface area contributed by atoms with Gasteiger partial charge in [0, 0.05) is 25.9 Å². The minimum Gasteiger partial charge on any atom is -0.424 e. The van der Waals surface area contributed by atoms with Gasteiger partial charge < -0.3 is 14.6 Å². The van der Waals surface area contributed by atoms with Crippen molar-refractivity contribution in [1.29, 1.82) is 0 Å². The van der Waals surface area contributed by atoms with Crippen molar-refractivity contribution in [3.8, 4) is 0 Å². The van der Waals surface area contributed by atoms with Crippen molar-refractivity contribution in [2.75, 3.05) is 6.54 Å². The summed E-state index contributed by atoms with van der Waals surface area (Å²) in [5, 5.41) is 10.3. The van der Waals surface area contributed by atoms with Crippen LogP contribution in [0.5, 0.6) is 0 Å². The third kappa shape index (κ3) is 3.06. The largest absolute Gasteiger partial charge is 0.424 e. The van der Waals surface area contributed by atoms with Gasteiger partial charge in [0.1, 0.15) is 0 Å². The van der Waals surface area contributed by atoms with Crippen molar-refractivity contribution >= 4 is 11.8 Å². The fourth-order valence-electron chi connectivity index (χ4n) is 3.19. The van der Waals surface area contributed by atoms with Gasteiger partial charge in [0.05, 0.1) is 12.5 Å². The normalized spacial score (nSPS) is 23.0. The zero-order chi connectivity index (χ0) is 14.8. The molecule has 1 aliphatic carbocycles. The molecule has 1 aromatic heterocycles. The Kier molecular flexibility index (Phi) is 3.90. The molecule has 0 radical (unpaired) electrons. The van der Waals surface area contributed by atoms with E-state index in [4.69, 9.17) is 4.42 Å². The van der Waals surface area contributed by atoms with E-state index in [2.05, 4.69) is 15.5 Å². The maximum Gasteiger partial charge on any atom is 0.235 e.